The van der Waals surface area contributed by atoms with Crippen LogP contribution in [-0.4, -0.2) is 31.7 Å². The molecule has 2 N–H and O–H groups in total. The number of nitrogens with zero attached hydrogens (tertiary/aromatic N) is 1. The number of nitrogens with one attached hydrogen (secondary N) is 2. The van der Waals surface area contributed by atoms with Gasteiger partial charge in [0.1, 0.15) is 18.1 Å². The smallest absolute Gasteiger partial charge is 0.251 e. The first-order chi connectivity index (χ1) is 16.4. The van der Waals surface area contributed by atoms with Gasteiger partial charge in [-0.05, 0) is 81.7 Å². The number of ether oxygens (including phenoxy) is 2. The number of hydrogen-bond acceptors (Lipinski definition) is 5. The van der Waals surface area contributed by atoms with Crippen molar-refractivity contribution in [1.82, 2.24) is 10.7 Å². The van der Waals surface area contributed by atoms with E-state index in [1.807, 2.05) is 42.5 Å². The van der Waals surface area contributed by atoms with E-state index in [4.69, 9.17) is 9.47 Å². The number of hydrazone groups is 1. The topological polar surface area (TPSA) is 89.0 Å². The van der Waals surface area contributed by atoms with Crippen molar-refractivity contribution in [3.63, 3.8) is 0 Å². The van der Waals surface area contributed by atoms with E-state index in [1.54, 1.807) is 31.4 Å². The highest BCUT2D eigenvalue weighted by Crippen LogP contribution is 2.26. The van der Waals surface area contributed by atoms with Crippen LogP contribution in [0, 0.1) is 0 Å². The van der Waals surface area contributed by atoms with Crippen LogP contribution in [0.25, 0.3) is 0 Å². The van der Waals surface area contributed by atoms with E-state index in [2.05, 4.69) is 47.7 Å². The minimum Gasteiger partial charge on any atom is -0.497 e. The van der Waals surface area contributed by atoms with Crippen LogP contribution in [0.15, 0.2) is 80.8 Å². The monoisotopic (exact) mass is 587 g/mol. The first-order valence-electron chi connectivity index (χ1n) is 10.4. The van der Waals surface area contributed by atoms with Gasteiger partial charge in [0.2, 0.25) is 5.91 Å². The molecule has 2 amide bonds. The fraction of sp³-hybridized carbons (Fsp3) is 0.160. The van der Waals surface area contributed by atoms with Gasteiger partial charge in [-0.15, -0.1) is 0 Å². The Morgan fingerprint density at radius 2 is 1.74 bits per heavy atom. The number of carbonyl (C=O) groups excluding carboxylic acids is 2. The van der Waals surface area contributed by atoms with E-state index in [-0.39, 0.29) is 24.8 Å². The Morgan fingerprint density at radius 1 is 1.00 bits per heavy atom. The van der Waals surface area contributed by atoms with Crippen LogP contribution in [0.3, 0.4) is 0 Å². The molecule has 34 heavy (non-hydrogen) atoms. The molecule has 0 aliphatic carbocycles. The normalized spacial score (nSPS) is 10.7. The second-order valence-electron chi connectivity index (χ2n) is 7.13. The number of halogens is 2. The molecule has 3 aromatic rings. The highest BCUT2D eigenvalue weighted by atomic mass is 79.9. The zero-order valence-corrected chi connectivity index (χ0v) is 21.6. The lowest BCUT2D eigenvalue weighted by atomic mass is 10.2. The molecular formula is C25H23Br2N3O4. The molecule has 0 spiro atoms. The molecular weight excluding hydrogens is 566 g/mol. The molecule has 9 heteroatoms. The average molecular weight is 589 g/mol. The zero-order chi connectivity index (χ0) is 24.3. The van der Waals surface area contributed by atoms with Crippen molar-refractivity contribution in [2.24, 2.45) is 5.10 Å². The second-order valence-corrected chi connectivity index (χ2v) is 8.90. The lowest BCUT2D eigenvalue weighted by molar-refractivity contribution is -0.120. The van der Waals surface area contributed by atoms with Crippen LogP contribution in [0.5, 0.6) is 11.5 Å². The van der Waals surface area contributed by atoms with Gasteiger partial charge < -0.3 is 14.8 Å². The van der Waals surface area contributed by atoms with Gasteiger partial charge in [0.05, 0.1) is 17.8 Å². The number of benzene rings is 3. The maximum absolute atomic E-state index is 12.1. The Morgan fingerprint density at radius 3 is 2.41 bits per heavy atom. The lowest BCUT2D eigenvalue weighted by Gasteiger charge is -2.09. The maximum atomic E-state index is 12.1. The molecule has 0 heterocycles. The lowest BCUT2D eigenvalue weighted by Crippen LogP contribution is -2.29. The van der Waals surface area contributed by atoms with Crippen molar-refractivity contribution in [2.75, 3.05) is 13.7 Å². The Balaban J connectivity index is 1.40. The summed E-state index contributed by atoms with van der Waals surface area (Å²) < 4.78 is 12.7. The van der Waals surface area contributed by atoms with Gasteiger partial charge in [0, 0.05) is 23.0 Å². The first-order valence-corrected chi connectivity index (χ1v) is 11.9. The quantitative estimate of drug-likeness (QED) is 0.256. The van der Waals surface area contributed by atoms with E-state index in [0.29, 0.717) is 23.7 Å². The van der Waals surface area contributed by atoms with Crippen molar-refractivity contribution in [2.45, 2.75) is 13.0 Å². The third kappa shape index (κ3) is 8.00. The van der Waals surface area contributed by atoms with E-state index < -0.39 is 0 Å². The molecule has 3 aromatic carbocycles. The predicted octanol–water partition coefficient (Wildman–Crippen LogP) is 5.07. The summed E-state index contributed by atoms with van der Waals surface area (Å²) in [7, 11) is 1.56. The molecule has 3 rings (SSSR count). The molecule has 0 fully saturated rings. The average Bonchev–Trinajstić information content (AvgIpc) is 2.84. The predicted molar refractivity (Wildman–Crippen MR) is 138 cm³/mol. The number of hydrogen-bond donors (Lipinski definition) is 2. The van der Waals surface area contributed by atoms with Crippen molar-refractivity contribution < 1.29 is 19.1 Å². The summed E-state index contributed by atoms with van der Waals surface area (Å²) in [6.07, 6.45) is 1.64. The summed E-state index contributed by atoms with van der Waals surface area (Å²) in [5.41, 5.74) is 4.80. The van der Waals surface area contributed by atoms with Crippen molar-refractivity contribution in [3.05, 3.63) is 92.4 Å². The number of rotatable bonds is 10. The fourth-order valence-corrected chi connectivity index (χ4v) is 3.60. The number of carbonyl (C=O) groups is 2. The van der Waals surface area contributed by atoms with Crippen molar-refractivity contribution >= 4 is 49.9 Å². The zero-order valence-electron chi connectivity index (χ0n) is 18.4. The van der Waals surface area contributed by atoms with Gasteiger partial charge >= 0.3 is 0 Å². The van der Waals surface area contributed by atoms with Gasteiger partial charge in [0.25, 0.3) is 5.91 Å². The molecule has 0 saturated carbocycles. The van der Waals surface area contributed by atoms with E-state index in [9.17, 15) is 9.59 Å². The minimum atomic E-state index is -0.306. The highest BCUT2D eigenvalue weighted by Gasteiger charge is 2.07. The van der Waals surface area contributed by atoms with Crippen LogP contribution < -0.4 is 20.2 Å². The highest BCUT2D eigenvalue weighted by molar-refractivity contribution is 9.10. The SMILES string of the molecule is COc1ccc(C(=O)NCCC(=O)NN=Cc2ccc(OCc3ccc(Br)cc3)c(Br)c2)cc1. The van der Waals surface area contributed by atoms with Gasteiger partial charge in [-0.3, -0.25) is 9.59 Å². The minimum absolute atomic E-state index is 0.103. The third-order valence-corrected chi connectivity index (χ3v) is 5.80. The molecule has 0 aliphatic heterocycles. The molecule has 0 bridgehead atoms. The van der Waals surface area contributed by atoms with E-state index in [0.717, 1.165) is 20.1 Å². The Bertz CT molecular complexity index is 1150. The molecule has 0 aliphatic rings. The Labute approximate surface area is 214 Å². The molecule has 7 nitrogen and oxygen atoms in total. The molecule has 0 radical (unpaired) electrons. The number of methoxy groups -OCH3 is 1. The fourth-order valence-electron chi connectivity index (χ4n) is 2.82. The van der Waals surface area contributed by atoms with Crippen LogP contribution in [0.4, 0.5) is 0 Å². The van der Waals surface area contributed by atoms with Crippen molar-refractivity contribution in [1.29, 1.82) is 0 Å². The van der Waals surface area contributed by atoms with Gasteiger partial charge in [-0.25, -0.2) is 5.43 Å². The molecule has 0 atom stereocenters. The van der Waals surface area contributed by atoms with Gasteiger partial charge in [0.15, 0.2) is 0 Å². The second kappa shape index (κ2) is 12.9. The Kier molecular flexibility index (Phi) is 9.66. The van der Waals surface area contributed by atoms with Crippen LogP contribution in [0.1, 0.15) is 27.9 Å². The maximum Gasteiger partial charge on any atom is 0.251 e. The third-order valence-electron chi connectivity index (χ3n) is 4.66. The summed E-state index contributed by atoms with van der Waals surface area (Å²) in [6.45, 7) is 0.645. The van der Waals surface area contributed by atoms with Gasteiger partial charge in [-0.1, -0.05) is 28.1 Å². The molecule has 0 aromatic heterocycles. The summed E-state index contributed by atoms with van der Waals surface area (Å²) in [5.74, 6) is 0.812. The summed E-state index contributed by atoms with van der Waals surface area (Å²) in [5, 5.41) is 6.67. The van der Waals surface area contributed by atoms with Crippen LogP contribution in [-0.2, 0) is 11.4 Å². The first kappa shape index (κ1) is 25.5. The summed E-state index contributed by atoms with van der Waals surface area (Å²) >= 11 is 6.91. The molecule has 176 valence electrons. The van der Waals surface area contributed by atoms with Gasteiger partial charge in [-0.2, -0.15) is 5.10 Å². The standard InChI is InChI=1S/C25H23Br2N3O4/c1-33-21-9-5-19(6-10-21)25(32)28-13-12-24(31)30-29-15-18-4-11-23(22(27)14-18)34-16-17-2-7-20(26)8-3-17/h2-11,14-15H,12-13,16H2,1H3,(H,28,32)(H,30,31). The summed E-state index contributed by atoms with van der Waals surface area (Å²) in [6, 6.07) is 20.2. The largest absolute Gasteiger partial charge is 0.497 e. The summed E-state index contributed by atoms with van der Waals surface area (Å²) in [4.78, 5) is 24.1. The molecule has 0 unspecified atom stereocenters. The van der Waals surface area contributed by atoms with E-state index >= 15 is 0 Å². The molecule has 0 saturated heterocycles. The van der Waals surface area contributed by atoms with Crippen molar-refractivity contribution in [3.8, 4) is 11.5 Å². The van der Waals surface area contributed by atoms with Crippen LogP contribution in [0.2, 0.25) is 0 Å². The number of amides is 2. The van der Waals surface area contributed by atoms with E-state index in [1.165, 1.54) is 6.21 Å². The van der Waals surface area contributed by atoms with Crippen LogP contribution >= 0.6 is 31.9 Å². The Hall–Kier alpha value is -3.17.